The molecule has 0 spiro atoms. The van der Waals surface area contributed by atoms with E-state index in [9.17, 15) is 19.2 Å². The molecule has 9 nitrogen and oxygen atoms in total. The van der Waals surface area contributed by atoms with Crippen molar-refractivity contribution in [1.82, 2.24) is 0 Å². The van der Waals surface area contributed by atoms with Gasteiger partial charge in [-0.25, -0.2) is 4.79 Å². The first kappa shape index (κ1) is 34.0. The average Bonchev–Trinajstić information content (AvgIpc) is 3.43. The van der Waals surface area contributed by atoms with E-state index in [-0.39, 0.29) is 28.0 Å². The lowest BCUT2D eigenvalue weighted by Crippen LogP contribution is -2.20. The molecule has 0 saturated heterocycles. The van der Waals surface area contributed by atoms with E-state index in [0.29, 0.717) is 28.3 Å². The highest BCUT2D eigenvalue weighted by Crippen LogP contribution is 2.40. The smallest absolute Gasteiger partial charge is 0.341 e. The topological polar surface area (TPSA) is 123 Å². The maximum atomic E-state index is 14.1. The molecule has 1 aromatic heterocycles. The Kier molecular flexibility index (Phi) is 11.3. The summed E-state index contributed by atoms with van der Waals surface area (Å²) in [4.78, 5) is 54.4. The molecule has 0 saturated carbocycles. The van der Waals surface area contributed by atoms with Crippen LogP contribution in [0, 0.1) is 6.92 Å². The molecule has 0 radical (unpaired) electrons. The predicted molar refractivity (Wildman–Crippen MR) is 190 cm³/mol. The Bertz CT molecular complexity index is 1930. The number of carbonyl (C=O) groups is 4. The molecule has 0 aliphatic rings. The second-order valence-electron chi connectivity index (χ2n) is 10.4. The van der Waals surface area contributed by atoms with Gasteiger partial charge in [0.1, 0.15) is 16.0 Å². The molecule has 1 unspecified atom stereocenters. The predicted octanol–water partition coefficient (Wildman–Crippen LogP) is 8.22. The molecule has 244 valence electrons. The van der Waals surface area contributed by atoms with Gasteiger partial charge in [-0.15, -0.1) is 23.1 Å². The third-order valence-electron chi connectivity index (χ3n) is 7.12. The first-order valence-corrected chi connectivity index (χ1v) is 16.7. The second kappa shape index (κ2) is 15.9. The Balaban J connectivity index is 1.41. The molecule has 3 amide bonds. The minimum absolute atomic E-state index is 0.125. The van der Waals surface area contributed by atoms with Crippen LogP contribution >= 0.6 is 23.1 Å². The van der Waals surface area contributed by atoms with Crippen LogP contribution in [-0.4, -0.2) is 37.4 Å². The van der Waals surface area contributed by atoms with Crippen LogP contribution in [0.5, 0.6) is 5.75 Å². The molecule has 5 rings (SSSR count). The van der Waals surface area contributed by atoms with Crippen molar-refractivity contribution in [2.45, 2.75) is 24.0 Å². The fourth-order valence-electron chi connectivity index (χ4n) is 4.81. The number of benzene rings is 4. The minimum atomic E-state index is -0.755. The highest BCUT2D eigenvalue weighted by molar-refractivity contribution is 8.00. The number of nitrogens with one attached hydrogen (secondary N) is 3. The lowest BCUT2D eigenvalue weighted by molar-refractivity contribution is -0.115. The standard InChI is InChI=1S/C37H33N3O6S2/c1-4-46-37(44)30-23(2)31(34(42)38-26-16-9-6-10-17-26)48-36(30)40-35(43)32(24-13-7-5-8-14-24)47-29-20-12-18-27(22-29)39-33(41)25-15-11-19-28(21-25)45-3/h5-22,32H,4H2,1-3H3,(H,38,42)(H,39,41)(H,40,43). The first-order chi connectivity index (χ1) is 23.3. The van der Waals surface area contributed by atoms with Crippen molar-refractivity contribution in [3.8, 4) is 5.75 Å². The van der Waals surface area contributed by atoms with Gasteiger partial charge in [-0.2, -0.15) is 0 Å². The van der Waals surface area contributed by atoms with Crippen LogP contribution in [0.4, 0.5) is 16.4 Å². The number of rotatable bonds is 12. The average molecular weight is 680 g/mol. The summed E-state index contributed by atoms with van der Waals surface area (Å²) in [5.74, 6) is -1.18. The zero-order valence-electron chi connectivity index (χ0n) is 26.4. The number of esters is 1. The molecular weight excluding hydrogens is 647 g/mol. The fraction of sp³-hybridized carbons (Fsp3) is 0.135. The molecule has 0 bridgehead atoms. The Morgan fingerprint density at radius 1 is 0.771 bits per heavy atom. The van der Waals surface area contributed by atoms with Gasteiger partial charge in [0.25, 0.3) is 11.8 Å². The number of ether oxygens (including phenoxy) is 2. The van der Waals surface area contributed by atoms with E-state index in [2.05, 4.69) is 16.0 Å². The van der Waals surface area contributed by atoms with Crippen LogP contribution in [0.1, 0.15) is 53.7 Å². The zero-order valence-corrected chi connectivity index (χ0v) is 28.1. The lowest BCUT2D eigenvalue weighted by Gasteiger charge is -2.18. The van der Waals surface area contributed by atoms with Crippen LogP contribution in [0.2, 0.25) is 0 Å². The summed E-state index contributed by atoms with van der Waals surface area (Å²) in [5.41, 5.74) is 2.85. The zero-order chi connectivity index (χ0) is 34.0. The van der Waals surface area contributed by atoms with E-state index >= 15 is 0 Å². The first-order valence-electron chi connectivity index (χ1n) is 15.0. The maximum absolute atomic E-state index is 14.1. The number of anilines is 3. The van der Waals surface area contributed by atoms with Crippen molar-refractivity contribution < 1.29 is 28.7 Å². The van der Waals surface area contributed by atoms with Crippen molar-refractivity contribution in [1.29, 1.82) is 0 Å². The molecule has 0 aliphatic carbocycles. The second-order valence-corrected chi connectivity index (χ2v) is 12.6. The summed E-state index contributed by atoms with van der Waals surface area (Å²) in [6.45, 7) is 3.48. The van der Waals surface area contributed by atoms with Gasteiger partial charge < -0.3 is 25.4 Å². The highest BCUT2D eigenvalue weighted by Gasteiger charge is 2.30. The summed E-state index contributed by atoms with van der Waals surface area (Å²) in [6, 6.07) is 32.2. The van der Waals surface area contributed by atoms with Gasteiger partial charge in [-0.1, -0.05) is 60.7 Å². The number of hydrogen-bond donors (Lipinski definition) is 3. The van der Waals surface area contributed by atoms with Crippen LogP contribution in [0.3, 0.4) is 0 Å². The highest BCUT2D eigenvalue weighted by atomic mass is 32.2. The van der Waals surface area contributed by atoms with Crippen LogP contribution in [0.25, 0.3) is 0 Å². The summed E-state index contributed by atoms with van der Waals surface area (Å²) in [5, 5.41) is 8.14. The van der Waals surface area contributed by atoms with E-state index in [1.54, 1.807) is 80.6 Å². The third-order valence-corrected chi connectivity index (χ3v) is 9.57. The van der Waals surface area contributed by atoms with Crippen molar-refractivity contribution in [2.24, 2.45) is 0 Å². The molecule has 1 atom stereocenters. The minimum Gasteiger partial charge on any atom is -0.497 e. The molecule has 5 aromatic rings. The Hall–Kier alpha value is -5.39. The number of thioether (sulfide) groups is 1. The molecule has 4 aromatic carbocycles. The Morgan fingerprint density at radius 2 is 1.44 bits per heavy atom. The van der Waals surface area contributed by atoms with Crippen LogP contribution < -0.4 is 20.7 Å². The van der Waals surface area contributed by atoms with Crippen molar-refractivity contribution in [3.63, 3.8) is 0 Å². The monoisotopic (exact) mass is 679 g/mol. The van der Waals surface area contributed by atoms with E-state index < -0.39 is 23.0 Å². The van der Waals surface area contributed by atoms with Crippen molar-refractivity contribution in [2.75, 3.05) is 29.7 Å². The number of para-hydroxylation sites is 1. The lowest BCUT2D eigenvalue weighted by atomic mass is 10.1. The van der Waals surface area contributed by atoms with Gasteiger partial charge in [0, 0.05) is 21.8 Å². The molecular formula is C37H33N3O6S2. The van der Waals surface area contributed by atoms with E-state index in [1.807, 2.05) is 42.5 Å². The van der Waals surface area contributed by atoms with Crippen LogP contribution in [0.15, 0.2) is 114 Å². The number of methoxy groups -OCH3 is 1. The van der Waals surface area contributed by atoms with Gasteiger partial charge in [0.15, 0.2) is 0 Å². The molecule has 11 heteroatoms. The van der Waals surface area contributed by atoms with Gasteiger partial charge in [-0.3, -0.25) is 14.4 Å². The molecule has 0 fully saturated rings. The SMILES string of the molecule is CCOC(=O)c1c(NC(=O)C(Sc2cccc(NC(=O)c3cccc(OC)c3)c2)c2ccccc2)sc(C(=O)Nc2ccccc2)c1C. The number of hydrogen-bond acceptors (Lipinski definition) is 8. The number of thiophene rings is 1. The van der Waals surface area contributed by atoms with E-state index in [1.165, 1.54) is 18.9 Å². The largest absolute Gasteiger partial charge is 0.497 e. The normalized spacial score (nSPS) is 11.2. The maximum Gasteiger partial charge on any atom is 0.341 e. The molecule has 1 heterocycles. The Morgan fingerprint density at radius 3 is 2.15 bits per heavy atom. The summed E-state index contributed by atoms with van der Waals surface area (Å²) >= 11 is 2.30. The molecule has 3 N–H and O–H groups in total. The van der Waals surface area contributed by atoms with Gasteiger partial charge in [0.2, 0.25) is 5.91 Å². The van der Waals surface area contributed by atoms with Gasteiger partial charge >= 0.3 is 5.97 Å². The van der Waals surface area contributed by atoms with Gasteiger partial charge in [-0.05, 0) is 73.5 Å². The fourth-order valence-corrected chi connectivity index (χ4v) is 6.98. The number of amides is 3. The van der Waals surface area contributed by atoms with Crippen molar-refractivity contribution >= 4 is 63.2 Å². The van der Waals surface area contributed by atoms with Crippen LogP contribution in [-0.2, 0) is 9.53 Å². The summed E-state index contributed by atoms with van der Waals surface area (Å²) in [7, 11) is 1.54. The summed E-state index contributed by atoms with van der Waals surface area (Å²) < 4.78 is 10.5. The molecule has 0 aliphatic heterocycles. The van der Waals surface area contributed by atoms with E-state index in [0.717, 1.165) is 21.8 Å². The molecule has 48 heavy (non-hydrogen) atoms. The van der Waals surface area contributed by atoms with E-state index in [4.69, 9.17) is 9.47 Å². The summed E-state index contributed by atoms with van der Waals surface area (Å²) in [6.07, 6.45) is 0. The number of carbonyl (C=O) groups excluding carboxylic acids is 4. The van der Waals surface area contributed by atoms with Gasteiger partial charge in [0.05, 0.1) is 24.2 Å². The third kappa shape index (κ3) is 8.30. The Labute approximate surface area is 286 Å². The van der Waals surface area contributed by atoms with Crippen molar-refractivity contribution in [3.05, 3.63) is 136 Å². The quantitative estimate of drug-likeness (QED) is 0.0897.